The molecule has 0 aliphatic carbocycles. The third-order valence-corrected chi connectivity index (χ3v) is 6.51. The van der Waals surface area contributed by atoms with Gasteiger partial charge in [-0.15, -0.1) is 0 Å². The normalized spacial score (nSPS) is 16.4. The Bertz CT molecular complexity index is 1030. The zero-order valence-corrected chi connectivity index (χ0v) is 16.4. The minimum Gasteiger partial charge on any atom is -0.336 e. The highest BCUT2D eigenvalue weighted by Gasteiger charge is 2.39. The minimum absolute atomic E-state index is 0.0853. The van der Waals surface area contributed by atoms with Gasteiger partial charge in [0.2, 0.25) is 10.0 Å². The molecule has 0 bridgehead atoms. The number of alkyl halides is 6. The van der Waals surface area contributed by atoms with Crippen molar-refractivity contribution in [2.45, 2.75) is 17.2 Å². The Morgan fingerprint density at radius 3 is 1.90 bits per heavy atom. The number of halogens is 6. The monoisotopic (exact) mass is 467 g/mol. The highest BCUT2D eigenvalue weighted by Crippen LogP contribution is 2.37. The smallest absolute Gasteiger partial charge is 0.336 e. The largest absolute Gasteiger partial charge is 0.416 e. The van der Waals surface area contributed by atoms with Gasteiger partial charge in [-0.3, -0.25) is 9.78 Å². The van der Waals surface area contributed by atoms with Gasteiger partial charge in [0.1, 0.15) is 0 Å². The van der Waals surface area contributed by atoms with Crippen LogP contribution < -0.4 is 0 Å². The molecule has 168 valence electrons. The van der Waals surface area contributed by atoms with Crippen LogP contribution in [0.2, 0.25) is 0 Å². The summed E-state index contributed by atoms with van der Waals surface area (Å²) in [5.41, 5.74) is -3.16. The fourth-order valence-electron chi connectivity index (χ4n) is 3.03. The molecule has 1 aromatic heterocycles. The molecule has 2 heterocycles. The number of benzene rings is 1. The molecule has 1 aliphatic rings. The summed E-state index contributed by atoms with van der Waals surface area (Å²) in [6.45, 7) is -0.742. The molecule has 0 atom stereocenters. The maximum Gasteiger partial charge on any atom is 0.416 e. The van der Waals surface area contributed by atoms with Crippen molar-refractivity contribution in [3.05, 3.63) is 59.4 Å². The Labute approximate surface area is 173 Å². The second-order valence-electron chi connectivity index (χ2n) is 6.68. The van der Waals surface area contributed by atoms with Crippen LogP contribution in [-0.2, 0) is 22.4 Å². The van der Waals surface area contributed by atoms with Crippen molar-refractivity contribution in [1.29, 1.82) is 0 Å². The van der Waals surface area contributed by atoms with E-state index in [1.807, 2.05) is 0 Å². The molecule has 0 spiro atoms. The van der Waals surface area contributed by atoms with Gasteiger partial charge in [-0.05, 0) is 30.3 Å². The fourth-order valence-corrected chi connectivity index (χ4v) is 4.52. The van der Waals surface area contributed by atoms with E-state index < -0.39 is 44.3 Å². The van der Waals surface area contributed by atoms with Crippen LogP contribution in [0.25, 0.3) is 0 Å². The molecule has 2 aromatic rings. The first-order chi connectivity index (χ1) is 14.3. The molecular weight excluding hydrogens is 452 g/mol. The van der Waals surface area contributed by atoms with Gasteiger partial charge in [0.05, 0.1) is 21.6 Å². The first kappa shape index (κ1) is 23.0. The van der Waals surface area contributed by atoms with Gasteiger partial charge in [0.15, 0.2) is 0 Å². The number of amides is 1. The molecule has 0 radical (unpaired) electrons. The molecule has 0 saturated carbocycles. The highest BCUT2D eigenvalue weighted by atomic mass is 32.2. The number of carbonyl (C=O) groups is 1. The maximum atomic E-state index is 13.0. The molecule has 6 nitrogen and oxygen atoms in total. The standard InChI is InChI=1S/C18H15F6N3O3S/c19-17(20,21)13-8-14(18(22,23)24)10-15(9-13)31(29,30)27-6-4-26(5-7-27)16(28)12-2-1-3-25-11-12/h1-3,8-11H,4-7H2. The summed E-state index contributed by atoms with van der Waals surface area (Å²) in [6, 6.07) is 3.28. The van der Waals surface area contributed by atoms with Crippen LogP contribution >= 0.6 is 0 Å². The molecule has 0 unspecified atom stereocenters. The lowest BCUT2D eigenvalue weighted by atomic mass is 10.1. The van der Waals surface area contributed by atoms with Crippen LogP contribution in [0.4, 0.5) is 26.3 Å². The summed E-state index contributed by atoms with van der Waals surface area (Å²) in [7, 11) is -4.66. The maximum absolute atomic E-state index is 13.0. The van der Waals surface area contributed by atoms with Gasteiger partial charge in [0, 0.05) is 38.6 Å². The molecule has 1 saturated heterocycles. The van der Waals surface area contributed by atoms with Crippen LogP contribution in [0.15, 0.2) is 47.6 Å². The van der Waals surface area contributed by atoms with Crippen LogP contribution in [0.5, 0.6) is 0 Å². The van der Waals surface area contributed by atoms with Gasteiger partial charge in [-0.25, -0.2) is 8.42 Å². The number of hydrogen-bond acceptors (Lipinski definition) is 4. The Morgan fingerprint density at radius 2 is 1.45 bits per heavy atom. The summed E-state index contributed by atoms with van der Waals surface area (Å²) in [5.74, 6) is -0.413. The lowest BCUT2D eigenvalue weighted by Gasteiger charge is -2.34. The lowest BCUT2D eigenvalue weighted by molar-refractivity contribution is -0.143. The molecule has 0 N–H and O–H groups in total. The summed E-state index contributed by atoms with van der Waals surface area (Å²) < 4.78 is 105. The molecule has 3 rings (SSSR count). The molecule has 31 heavy (non-hydrogen) atoms. The van der Waals surface area contributed by atoms with Crippen molar-refractivity contribution in [1.82, 2.24) is 14.2 Å². The van der Waals surface area contributed by atoms with E-state index >= 15 is 0 Å². The van der Waals surface area contributed by atoms with Crippen LogP contribution in [0.3, 0.4) is 0 Å². The van der Waals surface area contributed by atoms with Crippen LogP contribution in [0, 0.1) is 0 Å². The number of aromatic nitrogens is 1. The van der Waals surface area contributed by atoms with Gasteiger partial charge < -0.3 is 4.90 Å². The predicted octanol–water partition coefficient (Wildman–Crippen LogP) is 3.27. The Morgan fingerprint density at radius 1 is 0.903 bits per heavy atom. The van der Waals surface area contributed by atoms with E-state index in [9.17, 15) is 39.6 Å². The minimum atomic E-state index is -5.17. The summed E-state index contributed by atoms with van der Waals surface area (Å²) in [5, 5.41) is 0. The Kier molecular flexibility index (Phi) is 6.02. The number of carbonyl (C=O) groups excluding carboxylic acids is 1. The number of hydrogen-bond donors (Lipinski definition) is 0. The SMILES string of the molecule is O=C(c1cccnc1)N1CCN(S(=O)(=O)c2cc(C(F)(F)F)cc(C(F)(F)F)c2)CC1. The van der Waals surface area contributed by atoms with Crippen molar-refractivity contribution in [2.24, 2.45) is 0 Å². The van der Waals surface area contributed by atoms with Crippen LogP contribution in [-0.4, -0.2) is 54.7 Å². The van der Waals surface area contributed by atoms with Gasteiger partial charge >= 0.3 is 12.4 Å². The topological polar surface area (TPSA) is 70.6 Å². The zero-order valence-electron chi connectivity index (χ0n) is 15.6. The van der Waals surface area contributed by atoms with E-state index in [0.29, 0.717) is 0 Å². The molecular formula is C18H15F6N3O3S. The second-order valence-corrected chi connectivity index (χ2v) is 8.62. The van der Waals surface area contributed by atoms with Crippen molar-refractivity contribution in [3.63, 3.8) is 0 Å². The van der Waals surface area contributed by atoms with Crippen LogP contribution in [0.1, 0.15) is 21.5 Å². The molecule has 1 amide bonds. The quantitative estimate of drug-likeness (QED) is 0.650. The van der Waals surface area contributed by atoms with E-state index in [1.54, 1.807) is 6.07 Å². The summed E-state index contributed by atoms with van der Waals surface area (Å²) in [4.78, 5) is 16.4. The number of rotatable bonds is 3. The summed E-state index contributed by atoms with van der Waals surface area (Å²) in [6.07, 6.45) is -7.54. The highest BCUT2D eigenvalue weighted by molar-refractivity contribution is 7.89. The average Bonchev–Trinajstić information content (AvgIpc) is 2.72. The third kappa shape index (κ3) is 4.98. The van der Waals surface area contributed by atoms with E-state index in [4.69, 9.17) is 0 Å². The van der Waals surface area contributed by atoms with Gasteiger partial charge in [-0.1, -0.05) is 0 Å². The second kappa shape index (κ2) is 8.11. The first-order valence-corrected chi connectivity index (χ1v) is 10.2. The van der Waals surface area contributed by atoms with E-state index in [2.05, 4.69) is 4.98 Å². The Balaban J connectivity index is 1.85. The van der Waals surface area contributed by atoms with E-state index in [-0.39, 0.29) is 49.9 Å². The van der Waals surface area contributed by atoms with E-state index in [1.165, 1.54) is 23.4 Å². The lowest BCUT2D eigenvalue weighted by Crippen LogP contribution is -2.50. The van der Waals surface area contributed by atoms with Crippen molar-refractivity contribution < 1.29 is 39.6 Å². The van der Waals surface area contributed by atoms with Crippen molar-refractivity contribution in [3.8, 4) is 0 Å². The van der Waals surface area contributed by atoms with Gasteiger partial charge in [0.25, 0.3) is 5.91 Å². The molecule has 13 heteroatoms. The van der Waals surface area contributed by atoms with Crippen molar-refractivity contribution >= 4 is 15.9 Å². The average molecular weight is 467 g/mol. The fraction of sp³-hybridized carbons (Fsp3) is 0.333. The zero-order chi connectivity index (χ0) is 23.0. The summed E-state index contributed by atoms with van der Waals surface area (Å²) >= 11 is 0. The van der Waals surface area contributed by atoms with Crippen molar-refractivity contribution in [2.75, 3.05) is 26.2 Å². The number of nitrogens with zero attached hydrogens (tertiary/aromatic N) is 3. The molecule has 1 aliphatic heterocycles. The molecule has 1 aromatic carbocycles. The molecule has 1 fully saturated rings. The number of piperazine rings is 1. The predicted molar refractivity (Wildman–Crippen MR) is 95.3 cm³/mol. The number of sulfonamides is 1. The number of pyridine rings is 1. The third-order valence-electron chi connectivity index (χ3n) is 4.63. The Hall–Kier alpha value is -2.67. The van der Waals surface area contributed by atoms with Gasteiger partial charge in [-0.2, -0.15) is 30.6 Å². The first-order valence-electron chi connectivity index (χ1n) is 8.79. The van der Waals surface area contributed by atoms with E-state index in [0.717, 1.165) is 4.31 Å².